The molecular formula is C21H22O4. The van der Waals surface area contributed by atoms with Gasteiger partial charge in [0.15, 0.2) is 17.3 Å². The average molecular weight is 338 g/mol. The average Bonchev–Trinajstić information content (AvgIpc) is 2.67. The van der Waals surface area contributed by atoms with Crippen LogP contribution in [0.2, 0.25) is 0 Å². The monoisotopic (exact) mass is 338 g/mol. The van der Waals surface area contributed by atoms with Crippen LogP contribution in [0.25, 0.3) is 6.08 Å². The van der Waals surface area contributed by atoms with Gasteiger partial charge in [0.05, 0.1) is 6.61 Å². The second kappa shape index (κ2) is 8.38. The highest BCUT2D eigenvalue weighted by atomic mass is 16.6. The van der Waals surface area contributed by atoms with Crippen molar-refractivity contribution in [3.63, 3.8) is 0 Å². The molecule has 0 saturated heterocycles. The molecular weight excluding hydrogens is 316 g/mol. The van der Waals surface area contributed by atoms with Gasteiger partial charge < -0.3 is 14.2 Å². The zero-order chi connectivity index (χ0) is 17.5. The highest BCUT2D eigenvalue weighted by molar-refractivity contribution is 6.07. The molecule has 0 bridgehead atoms. The second-order valence-corrected chi connectivity index (χ2v) is 5.83. The molecule has 0 radical (unpaired) electrons. The summed E-state index contributed by atoms with van der Waals surface area (Å²) in [7, 11) is 0. The Labute approximate surface area is 148 Å². The van der Waals surface area contributed by atoms with E-state index in [4.69, 9.17) is 14.2 Å². The minimum atomic E-state index is -0.0692. The summed E-state index contributed by atoms with van der Waals surface area (Å²) in [6.07, 6.45) is 5.53. The zero-order valence-corrected chi connectivity index (χ0v) is 14.4. The number of ketones is 1. The number of unbranched alkanes of at least 4 members (excludes halogenated alkanes) is 1. The van der Waals surface area contributed by atoms with Crippen LogP contribution in [-0.2, 0) is 0 Å². The van der Waals surface area contributed by atoms with Crippen molar-refractivity contribution < 1.29 is 19.0 Å². The van der Waals surface area contributed by atoms with E-state index in [0.29, 0.717) is 30.3 Å². The summed E-state index contributed by atoms with van der Waals surface area (Å²) in [5.74, 6) is 2.09. The normalized spacial score (nSPS) is 13.0. The lowest BCUT2D eigenvalue weighted by Gasteiger charge is -2.18. The SMILES string of the molecule is CCCCOc1ccc(/C=C/C(=O)c2ccc3c(c2)OCCO3)cc1. The number of ether oxygens (including phenoxy) is 3. The van der Waals surface area contributed by atoms with Gasteiger partial charge in [0.1, 0.15) is 19.0 Å². The van der Waals surface area contributed by atoms with Crippen LogP contribution in [0.3, 0.4) is 0 Å². The molecule has 130 valence electrons. The number of hydrogen-bond donors (Lipinski definition) is 0. The predicted molar refractivity (Wildman–Crippen MR) is 97.6 cm³/mol. The van der Waals surface area contributed by atoms with Crippen LogP contribution in [0, 0.1) is 0 Å². The van der Waals surface area contributed by atoms with E-state index in [2.05, 4.69) is 6.92 Å². The lowest BCUT2D eigenvalue weighted by molar-refractivity contribution is 0.104. The van der Waals surface area contributed by atoms with Crippen LogP contribution in [-0.4, -0.2) is 25.6 Å². The molecule has 0 fully saturated rings. The molecule has 0 N–H and O–H groups in total. The van der Waals surface area contributed by atoms with Crippen LogP contribution in [0.1, 0.15) is 35.7 Å². The van der Waals surface area contributed by atoms with Gasteiger partial charge in [-0.05, 0) is 48.4 Å². The Hall–Kier alpha value is -2.75. The lowest BCUT2D eigenvalue weighted by Crippen LogP contribution is -2.15. The fourth-order valence-electron chi connectivity index (χ4n) is 2.47. The Morgan fingerprint density at radius 3 is 2.60 bits per heavy atom. The molecule has 0 amide bonds. The Morgan fingerprint density at radius 1 is 1.08 bits per heavy atom. The Kier molecular flexibility index (Phi) is 5.73. The van der Waals surface area contributed by atoms with Gasteiger partial charge >= 0.3 is 0 Å². The Bertz CT molecular complexity index is 747. The first-order valence-corrected chi connectivity index (χ1v) is 8.61. The van der Waals surface area contributed by atoms with E-state index >= 15 is 0 Å². The van der Waals surface area contributed by atoms with E-state index < -0.39 is 0 Å². The summed E-state index contributed by atoms with van der Waals surface area (Å²) < 4.78 is 16.6. The van der Waals surface area contributed by atoms with E-state index in [9.17, 15) is 4.79 Å². The van der Waals surface area contributed by atoms with Crippen LogP contribution in [0.15, 0.2) is 48.5 Å². The molecule has 1 aliphatic heterocycles. The van der Waals surface area contributed by atoms with Crippen LogP contribution in [0.5, 0.6) is 17.2 Å². The van der Waals surface area contributed by atoms with Crippen LogP contribution in [0.4, 0.5) is 0 Å². The maximum atomic E-state index is 12.3. The molecule has 2 aromatic carbocycles. The second-order valence-electron chi connectivity index (χ2n) is 5.83. The fraction of sp³-hybridized carbons (Fsp3) is 0.286. The first-order chi connectivity index (χ1) is 12.3. The van der Waals surface area contributed by atoms with Crippen molar-refractivity contribution in [3.05, 3.63) is 59.7 Å². The molecule has 1 heterocycles. The topological polar surface area (TPSA) is 44.8 Å². The van der Waals surface area contributed by atoms with Crippen LogP contribution < -0.4 is 14.2 Å². The highest BCUT2D eigenvalue weighted by Gasteiger charge is 2.13. The molecule has 4 nitrogen and oxygen atoms in total. The molecule has 0 unspecified atom stereocenters. The number of fused-ring (bicyclic) bond motifs is 1. The lowest BCUT2D eigenvalue weighted by atomic mass is 10.1. The number of hydrogen-bond acceptors (Lipinski definition) is 4. The van der Waals surface area contributed by atoms with Gasteiger partial charge in [-0.3, -0.25) is 4.79 Å². The molecule has 0 saturated carbocycles. The van der Waals surface area contributed by atoms with E-state index in [1.54, 1.807) is 30.4 Å². The van der Waals surface area contributed by atoms with Gasteiger partial charge in [-0.15, -0.1) is 0 Å². The zero-order valence-electron chi connectivity index (χ0n) is 14.4. The van der Waals surface area contributed by atoms with Crippen molar-refractivity contribution in [1.82, 2.24) is 0 Å². The summed E-state index contributed by atoms with van der Waals surface area (Å²) >= 11 is 0. The minimum Gasteiger partial charge on any atom is -0.494 e. The molecule has 25 heavy (non-hydrogen) atoms. The fourth-order valence-corrected chi connectivity index (χ4v) is 2.47. The van der Waals surface area contributed by atoms with Crippen molar-refractivity contribution >= 4 is 11.9 Å². The Morgan fingerprint density at radius 2 is 1.84 bits per heavy atom. The molecule has 0 spiro atoms. The number of benzene rings is 2. The maximum absolute atomic E-state index is 12.3. The summed E-state index contributed by atoms with van der Waals surface area (Å²) in [5.41, 5.74) is 1.54. The highest BCUT2D eigenvalue weighted by Crippen LogP contribution is 2.31. The first kappa shape index (κ1) is 17.1. The third kappa shape index (κ3) is 4.63. The molecule has 0 atom stereocenters. The number of rotatable bonds is 7. The van der Waals surface area contributed by atoms with Gasteiger partial charge in [0.2, 0.25) is 0 Å². The van der Waals surface area contributed by atoms with Gasteiger partial charge in [0, 0.05) is 5.56 Å². The predicted octanol–water partition coefficient (Wildman–Crippen LogP) is 4.53. The van der Waals surface area contributed by atoms with E-state index in [0.717, 1.165) is 30.8 Å². The summed E-state index contributed by atoms with van der Waals surface area (Å²) in [5, 5.41) is 0. The molecule has 0 aliphatic carbocycles. The van der Waals surface area contributed by atoms with Crippen molar-refractivity contribution in [3.8, 4) is 17.2 Å². The standard InChI is InChI=1S/C21H22O4/c1-2-3-12-23-18-8-4-16(5-9-18)6-10-19(22)17-7-11-20-21(15-17)25-14-13-24-20/h4-11,15H,2-3,12-14H2,1H3/b10-6+. The molecule has 2 aromatic rings. The molecule has 4 heteroatoms. The molecule has 1 aliphatic rings. The van der Waals surface area contributed by atoms with E-state index in [1.165, 1.54) is 0 Å². The number of carbonyl (C=O) groups is 1. The molecule has 0 aromatic heterocycles. The number of allylic oxidation sites excluding steroid dienone is 1. The Balaban J connectivity index is 1.62. The summed E-state index contributed by atoms with van der Waals surface area (Å²) in [6.45, 7) is 3.91. The van der Waals surface area contributed by atoms with E-state index in [-0.39, 0.29) is 5.78 Å². The summed E-state index contributed by atoms with van der Waals surface area (Å²) in [6, 6.07) is 13.0. The van der Waals surface area contributed by atoms with Gasteiger partial charge in [-0.1, -0.05) is 31.6 Å². The number of carbonyl (C=O) groups excluding carboxylic acids is 1. The molecule has 3 rings (SSSR count). The van der Waals surface area contributed by atoms with E-state index in [1.807, 2.05) is 24.3 Å². The van der Waals surface area contributed by atoms with Crippen molar-refractivity contribution in [1.29, 1.82) is 0 Å². The smallest absolute Gasteiger partial charge is 0.185 e. The third-order valence-electron chi connectivity index (χ3n) is 3.90. The quantitative estimate of drug-likeness (QED) is 0.423. The van der Waals surface area contributed by atoms with Crippen molar-refractivity contribution in [2.75, 3.05) is 19.8 Å². The maximum Gasteiger partial charge on any atom is 0.185 e. The van der Waals surface area contributed by atoms with Crippen molar-refractivity contribution in [2.45, 2.75) is 19.8 Å². The van der Waals surface area contributed by atoms with Gasteiger partial charge in [-0.25, -0.2) is 0 Å². The first-order valence-electron chi connectivity index (χ1n) is 8.61. The van der Waals surface area contributed by atoms with Gasteiger partial charge in [-0.2, -0.15) is 0 Å². The summed E-state index contributed by atoms with van der Waals surface area (Å²) in [4.78, 5) is 12.3. The van der Waals surface area contributed by atoms with Crippen LogP contribution >= 0.6 is 0 Å². The largest absolute Gasteiger partial charge is 0.494 e. The van der Waals surface area contributed by atoms with Gasteiger partial charge in [0.25, 0.3) is 0 Å². The third-order valence-corrected chi connectivity index (χ3v) is 3.90. The van der Waals surface area contributed by atoms with Crippen molar-refractivity contribution in [2.24, 2.45) is 0 Å². The minimum absolute atomic E-state index is 0.0692.